The number of pyridine rings is 1. The number of aromatic nitrogens is 3. The lowest BCUT2D eigenvalue weighted by molar-refractivity contribution is 0.0480. The first-order valence-corrected chi connectivity index (χ1v) is 12.7. The Hall–Kier alpha value is -5.03. The summed E-state index contributed by atoms with van der Waals surface area (Å²) < 4.78 is 31.0. The van der Waals surface area contributed by atoms with Crippen molar-refractivity contribution in [2.45, 2.75) is 5.92 Å². The lowest BCUT2D eigenvalue weighted by Crippen LogP contribution is -2.10. The molecule has 0 saturated heterocycles. The molecule has 2 aromatic heterocycles. The summed E-state index contributed by atoms with van der Waals surface area (Å²) in [7, 11) is 0. The van der Waals surface area contributed by atoms with E-state index >= 15 is 8.78 Å². The Kier molecular flexibility index (Phi) is 5.37. The van der Waals surface area contributed by atoms with E-state index in [4.69, 9.17) is 9.97 Å². The number of nitrogens with zero attached hydrogens (tertiary/aromatic N) is 3. The van der Waals surface area contributed by atoms with Gasteiger partial charge in [0.1, 0.15) is 0 Å². The van der Waals surface area contributed by atoms with Crippen LogP contribution >= 0.6 is 0 Å². The van der Waals surface area contributed by atoms with Crippen molar-refractivity contribution in [3.05, 3.63) is 139 Å². The monoisotopic (exact) mass is 509 g/mol. The van der Waals surface area contributed by atoms with Crippen LogP contribution in [0.5, 0.6) is 0 Å². The molecule has 0 amide bonds. The quantitative estimate of drug-likeness (QED) is 0.239. The van der Waals surface area contributed by atoms with E-state index in [-0.39, 0.29) is 11.1 Å². The largest absolute Gasteiger partial charge is 0.299 e. The molecule has 0 aliphatic heterocycles. The van der Waals surface area contributed by atoms with Crippen LogP contribution in [0.1, 0.15) is 11.1 Å². The Morgan fingerprint density at radius 1 is 0.462 bits per heavy atom. The van der Waals surface area contributed by atoms with Crippen LogP contribution in [0.15, 0.2) is 128 Å². The molecule has 0 saturated carbocycles. The average Bonchev–Trinajstić information content (AvgIpc) is 3.23. The second-order valence-corrected chi connectivity index (χ2v) is 9.50. The number of hydrogen-bond donors (Lipinski definition) is 0. The van der Waals surface area contributed by atoms with Crippen LogP contribution < -0.4 is 0 Å². The summed E-state index contributed by atoms with van der Waals surface area (Å²) in [6, 6.07) is 37.3. The Bertz CT molecular complexity index is 1760. The molecule has 0 fully saturated rings. The molecular weight excluding hydrogens is 488 g/mol. The molecule has 1 aliphatic rings. The lowest BCUT2D eigenvalue weighted by Gasteiger charge is -2.13. The molecule has 5 heteroatoms. The zero-order chi connectivity index (χ0) is 26.4. The number of benzene rings is 4. The van der Waals surface area contributed by atoms with E-state index in [1.54, 1.807) is 30.5 Å². The van der Waals surface area contributed by atoms with Gasteiger partial charge < -0.3 is 0 Å². The summed E-state index contributed by atoms with van der Waals surface area (Å²) in [6.45, 7) is 0. The average molecular weight is 510 g/mol. The van der Waals surface area contributed by atoms with Gasteiger partial charge in [0.25, 0.3) is 5.92 Å². The van der Waals surface area contributed by atoms with Gasteiger partial charge in [0.2, 0.25) is 0 Å². The van der Waals surface area contributed by atoms with Crippen LogP contribution in [0, 0.1) is 0 Å². The Balaban J connectivity index is 1.40. The third kappa shape index (κ3) is 3.99. The first kappa shape index (κ1) is 23.1. The summed E-state index contributed by atoms with van der Waals surface area (Å²) in [5, 5.41) is 0. The zero-order valence-corrected chi connectivity index (χ0v) is 20.7. The molecule has 0 N–H and O–H groups in total. The molecule has 2 heterocycles. The van der Waals surface area contributed by atoms with Gasteiger partial charge in [0, 0.05) is 39.6 Å². The Morgan fingerprint density at radius 2 is 1.00 bits per heavy atom. The SMILES string of the molecule is FC1(F)c2ccc(-c3ccccn3)cc2-c2cc(-c3nc(-c4ccccc4)cc(-c4ccccc4)n3)ccc21. The highest BCUT2D eigenvalue weighted by molar-refractivity contribution is 5.85. The van der Waals surface area contributed by atoms with E-state index < -0.39 is 5.92 Å². The van der Waals surface area contributed by atoms with Crippen LogP contribution in [-0.4, -0.2) is 15.0 Å². The van der Waals surface area contributed by atoms with Gasteiger partial charge in [-0.2, -0.15) is 8.78 Å². The summed E-state index contributed by atoms with van der Waals surface area (Å²) in [5.74, 6) is -2.61. The van der Waals surface area contributed by atoms with Crippen molar-refractivity contribution in [1.82, 2.24) is 15.0 Å². The third-order valence-corrected chi connectivity index (χ3v) is 7.09. The molecule has 7 rings (SSSR count). The molecule has 3 nitrogen and oxygen atoms in total. The molecule has 0 radical (unpaired) electrons. The van der Waals surface area contributed by atoms with Crippen molar-refractivity contribution in [3.8, 4) is 56.3 Å². The van der Waals surface area contributed by atoms with Crippen LogP contribution in [-0.2, 0) is 5.92 Å². The highest BCUT2D eigenvalue weighted by atomic mass is 19.3. The van der Waals surface area contributed by atoms with Gasteiger partial charge in [-0.15, -0.1) is 0 Å². The predicted octanol–water partition coefficient (Wildman–Crippen LogP) is 8.66. The van der Waals surface area contributed by atoms with Crippen molar-refractivity contribution in [2.75, 3.05) is 0 Å². The molecule has 1 aliphatic carbocycles. The summed E-state index contributed by atoms with van der Waals surface area (Å²) in [6.07, 6.45) is 1.70. The molecular formula is C34H21F2N3. The van der Waals surface area contributed by atoms with E-state index in [0.29, 0.717) is 22.5 Å². The molecule has 39 heavy (non-hydrogen) atoms. The Morgan fingerprint density at radius 3 is 1.56 bits per heavy atom. The minimum absolute atomic E-state index is 0.00161. The first-order chi connectivity index (χ1) is 19.1. The minimum Gasteiger partial charge on any atom is -0.256 e. The number of hydrogen-bond acceptors (Lipinski definition) is 3. The van der Waals surface area contributed by atoms with E-state index in [9.17, 15) is 0 Å². The number of fused-ring (bicyclic) bond motifs is 3. The van der Waals surface area contributed by atoms with E-state index in [2.05, 4.69) is 4.98 Å². The number of rotatable bonds is 4. The Labute approximate surface area is 224 Å². The van der Waals surface area contributed by atoms with Crippen LogP contribution in [0.4, 0.5) is 8.78 Å². The second-order valence-electron chi connectivity index (χ2n) is 9.50. The van der Waals surface area contributed by atoms with Gasteiger partial charge in [-0.25, -0.2) is 9.97 Å². The fourth-order valence-corrected chi connectivity index (χ4v) is 5.15. The molecule has 186 valence electrons. The van der Waals surface area contributed by atoms with Crippen molar-refractivity contribution in [3.63, 3.8) is 0 Å². The topological polar surface area (TPSA) is 38.7 Å². The van der Waals surface area contributed by atoms with E-state index in [0.717, 1.165) is 33.8 Å². The van der Waals surface area contributed by atoms with Gasteiger partial charge >= 0.3 is 0 Å². The second kappa shape index (κ2) is 9.07. The maximum absolute atomic E-state index is 15.5. The van der Waals surface area contributed by atoms with Gasteiger partial charge in [-0.1, -0.05) is 91.0 Å². The molecule has 4 aromatic carbocycles. The summed E-state index contributed by atoms with van der Waals surface area (Å²) in [4.78, 5) is 14.1. The molecule has 6 aromatic rings. The summed E-state index contributed by atoms with van der Waals surface area (Å²) in [5.41, 5.74) is 6.62. The van der Waals surface area contributed by atoms with Gasteiger partial charge in [0.05, 0.1) is 17.1 Å². The van der Waals surface area contributed by atoms with E-state index in [1.807, 2.05) is 84.9 Å². The molecule has 0 spiro atoms. The maximum atomic E-state index is 15.5. The smallest absolute Gasteiger partial charge is 0.256 e. The highest BCUT2D eigenvalue weighted by Gasteiger charge is 2.44. The molecule has 0 bridgehead atoms. The third-order valence-electron chi connectivity index (χ3n) is 7.09. The normalized spacial score (nSPS) is 13.1. The lowest BCUT2D eigenvalue weighted by atomic mass is 9.99. The molecule has 0 atom stereocenters. The summed E-state index contributed by atoms with van der Waals surface area (Å²) >= 11 is 0. The predicted molar refractivity (Wildman–Crippen MR) is 150 cm³/mol. The maximum Gasteiger partial charge on any atom is 0.299 e. The fraction of sp³-hybridized carbons (Fsp3) is 0.0294. The van der Waals surface area contributed by atoms with Crippen molar-refractivity contribution in [1.29, 1.82) is 0 Å². The van der Waals surface area contributed by atoms with Crippen molar-refractivity contribution in [2.24, 2.45) is 0 Å². The van der Waals surface area contributed by atoms with Crippen LogP contribution in [0.2, 0.25) is 0 Å². The highest BCUT2D eigenvalue weighted by Crippen LogP contribution is 2.52. The zero-order valence-electron chi connectivity index (χ0n) is 20.7. The fourth-order valence-electron chi connectivity index (χ4n) is 5.15. The number of halogens is 2. The first-order valence-electron chi connectivity index (χ1n) is 12.7. The van der Waals surface area contributed by atoms with Crippen molar-refractivity contribution < 1.29 is 8.78 Å². The van der Waals surface area contributed by atoms with Gasteiger partial charge in [-0.3, -0.25) is 4.98 Å². The number of alkyl halides is 2. The van der Waals surface area contributed by atoms with Gasteiger partial charge in [0.15, 0.2) is 5.82 Å². The van der Waals surface area contributed by atoms with Crippen LogP contribution in [0.3, 0.4) is 0 Å². The minimum atomic E-state index is -3.09. The van der Waals surface area contributed by atoms with Crippen LogP contribution in [0.25, 0.3) is 56.3 Å². The molecule has 0 unspecified atom stereocenters. The van der Waals surface area contributed by atoms with Crippen molar-refractivity contribution >= 4 is 0 Å². The standard InChI is InChI=1S/C34H21F2N3/c35-34(36)28-16-14-24(30-13-7-8-18-37-30)19-26(28)27-20-25(15-17-29(27)34)33-38-31(22-9-3-1-4-10-22)21-32(39-33)23-11-5-2-6-12-23/h1-21H. The van der Waals surface area contributed by atoms with Gasteiger partial charge in [-0.05, 0) is 41.5 Å². The van der Waals surface area contributed by atoms with E-state index in [1.165, 1.54) is 12.1 Å².